The van der Waals surface area contributed by atoms with E-state index >= 15 is 0 Å². The number of carbonyl (C=O) groups excluding carboxylic acids is 1. The fraction of sp³-hybridized carbons (Fsp3) is 0.938. The molecule has 110 valence electrons. The summed E-state index contributed by atoms with van der Waals surface area (Å²) in [5.74, 6) is 1.76. The molecule has 1 aliphatic carbocycles. The first-order valence-corrected chi connectivity index (χ1v) is 9.05. The lowest BCUT2D eigenvalue weighted by Crippen LogP contribution is -2.48. The molecule has 2 rings (SSSR count). The SMILES string of the molecule is CC(C)CC1(C(=O)N2CCCC(CBr)C2)CCCC1. The minimum Gasteiger partial charge on any atom is -0.342 e. The van der Waals surface area contributed by atoms with Gasteiger partial charge < -0.3 is 4.90 Å². The summed E-state index contributed by atoms with van der Waals surface area (Å²) in [6, 6.07) is 0. The first-order chi connectivity index (χ1) is 9.07. The molecule has 0 bridgehead atoms. The van der Waals surface area contributed by atoms with Gasteiger partial charge in [0.15, 0.2) is 0 Å². The molecule has 2 aliphatic rings. The van der Waals surface area contributed by atoms with Gasteiger partial charge in [-0.3, -0.25) is 4.79 Å². The quantitative estimate of drug-likeness (QED) is 0.707. The molecule has 0 aromatic heterocycles. The number of rotatable bonds is 4. The van der Waals surface area contributed by atoms with E-state index in [9.17, 15) is 4.79 Å². The summed E-state index contributed by atoms with van der Waals surface area (Å²) in [5, 5.41) is 1.04. The van der Waals surface area contributed by atoms with Crippen LogP contribution in [-0.2, 0) is 4.79 Å². The Kier molecular flexibility index (Phi) is 5.33. The summed E-state index contributed by atoms with van der Waals surface area (Å²) >= 11 is 3.59. The number of hydrogen-bond acceptors (Lipinski definition) is 1. The average molecular weight is 330 g/mol. The maximum absolute atomic E-state index is 13.0. The summed E-state index contributed by atoms with van der Waals surface area (Å²) in [7, 11) is 0. The van der Waals surface area contributed by atoms with Gasteiger partial charge in [-0.2, -0.15) is 0 Å². The molecule has 0 radical (unpaired) electrons. The number of piperidine rings is 1. The third kappa shape index (κ3) is 3.53. The van der Waals surface area contributed by atoms with Gasteiger partial charge >= 0.3 is 0 Å². The molecule has 1 unspecified atom stereocenters. The highest BCUT2D eigenvalue weighted by atomic mass is 79.9. The van der Waals surface area contributed by atoms with Gasteiger partial charge in [0, 0.05) is 23.8 Å². The van der Waals surface area contributed by atoms with E-state index in [4.69, 9.17) is 0 Å². The van der Waals surface area contributed by atoms with E-state index in [0.29, 0.717) is 17.7 Å². The molecule has 0 aromatic rings. The Morgan fingerprint density at radius 2 is 2.00 bits per heavy atom. The van der Waals surface area contributed by atoms with E-state index < -0.39 is 0 Å². The van der Waals surface area contributed by atoms with Crippen LogP contribution in [0.3, 0.4) is 0 Å². The number of amides is 1. The summed E-state index contributed by atoms with van der Waals surface area (Å²) in [6.07, 6.45) is 8.27. The summed E-state index contributed by atoms with van der Waals surface area (Å²) < 4.78 is 0. The van der Waals surface area contributed by atoms with E-state index in [-0.39, 0.29) is 5.41 Å². The first-order valence-electron chi connectivity index (χ1n) is 7.93. The van der Waals surface area contributed by atoms with E-state index in [1.54, 1.807) is 0 Å². The van der Waals surface area contributed by atoms with Gasteiger partial charge in [-0.15, -0.1) is 0 Å². The zero-order valence-electron chi connectivity index (χ0n) is 12.5. The van der Waals surface area contributed by atoms with Crippen LogP contribution in [0.25, 0.3) is 0 Å². The first kappa shape index (κ1) is 15.3. The van der Waals surface area contributed by atoms with Gasteiger partial charge in [0.2, 0.25) is 5.91 Å². The molecule has 2 nitrogen and oxygen atoms in total. The van der Waals surface area contributed by atoms with Crippen LogP contribution < -0.4 is 0 Å². The second-order valence-corrected chi connectivity index (χ2v) is 7.65. The normalized spacial score (nSPS) is 26.9. The van der Waals surface area contributed by atoms with Gasteiger partial charge in [-0.25, -0.2) is 0 Å². The van der Waals surface area contributed by atoms with E-state index in [1.807, 2.05) is 0 Å². The Morgan fingerprint density at radius 1 is 1.32 bits per heavy atom. The van der Waals surface area contributed by atoms with Crippen molar-refractivity contribution in [3.63, 3.8) is 0 Å². The second kappa shape index (κ2) is 6.60. The molecule has 0 spiro atoms. The number of likely N-dealkylation sites (tertiary alicyclic amines) is 1. The average Bonchev–Trinajstić information content (AvgIpc) is 2.86. The van der Waals surface area contributed by atoms with Crippen molar-refractivity contribution < 1.29 is 4.79 Å². The van der Waals surface area contributed by atoms with Crippen molar-refractivity contribution in [1.82, 2.24) is 4.90 Å². The Bertz CT molecular complexity index is 310. The van der Waals surface area contributed by atoms with Crippen LogP contribution in [0.1, 0.15) is 58.8 Å². The second-order valence-electron chi connectivity index (χ2n) is 7.00. The number of alkyl halides is 1. The van der Waals surface area contributed by atoms with Crippen LogP contribution in [0.5, 0.6) is 0 Å². The predicted molar refractivity (Wildman–Crippen MR) is 83.5 cm³/mol. The molecule has 2 fully saturated rings. The number of hydrogen-bond donors (Lipinski definition) is 0. The molecule has 1 aliphatic heterocycles. The van der Waals surface area contributed by atoms with Crippen molar-refractivity contribution in [2.75, 3.05) is 18.4 Å². The molecule has 0 N–H and O–H groups in total. The van der Waals surface area contributed by atoms with Crippen LogP contribution in [0, 0.1) is 17.3 Å². The lowest BCUT2D eigenvalue weighted by molar-refractivity contribution is -0.144. The fourth-order valence-corrected chi connectivity index (χ4v) is 4.58. The van der Waals surface area contributed by atoms with Crippen LogP contribution >= 0.6 is 15.9 Å². The molecular formula is C16H28BrNO. The Balaban J connectivity index is 2.06. The molecule has 1 saturated heterocycles. The third-order valence-electron chi connectivity index (χ3n) is 4.84. The minimum absolute atomic E-state index is 0.0115. The minimum atomic E-state index is -0.0115. The number of halogens is 1. The number of nitrogens with zero attached hydrogens (tertiary/aromatic N) is 1. The summed E-state index contributed by atoms with van der Waals surface area (Å²) in [4.78, 5) is 15.2. The Labute approximate surface area is 126 Å². The monoisotopic (exact) mass is 329 g/mol. The molecule has 1 saturated carbocycles. The van der Waals surface area contributed by atoms with Crippen LogP contribution in [0.4, 0.5) is 0 Å². The lowest BCUT2D eigenvalue weighted by Gasteiger charge is -2.39. The highest BCUT2D eigenvalue weighted by Crippen LogP contribution is 2.45. The summed E-state index contributed by atoms with van der Waals surface area (Å²) in [6.45, 7) is 6.47. The zero-order valence-corrected chi connectivity index (χ0v) is 14.0. The van der Waals surface area contributed by atoms with Crippen LogP contribution in [0.15, 0.2) is 0 Å². The molecule has 3 heteroatoms. The fourth-order valence-electron chi connectivity index (χ4n) is 4.05. The predicted octanol–water partition coefficient (Wildman–Crippen LogP) is 4.23. The smallest absolute Gasteiger partial charge is 0.228 e. The van der Waals surface area contributed by atoms with Crippen LogP contribution in [-0.4, -0.2) is 29.2 Å². The maximum atomic E-state index is 13.0. The zero-order chi connectivity index (χ0) is 13.9. The van der Waals surface area contributed by atoms with Gasteiger partial charge in [-0.05, 0) is 43.9 Å². The highest BCUT2D eigenvalue weighted by molar-refractivity contribution is 9.09. The Hall–Kier alpha value is -0.0500. The third-order valence-corrected chi connectivity index (χ3v) is 5.75. The van der Waals surface area contributed by atoms with E-state index in [2.05, 4.69) is 34.7 Å². The number of carbonyl (C=O) groups is 1. The largest absolute Gasteiger partial charge is 0.342 e. The van der Waals surface area contributed by atoms with Gasteiger partial charge in [0.1, 0.15) is 0 Å². The van der Waals surface area contributed by atoms with Crippen molar-refractivity contribution in [2.24, 2.45) is 17.3 Å². The molecule has 19 heavy (non-hydrogen) atoms. The van der Waals surface area contributed by atoms with Gasteiger partial charge in [0.05, 0.1) is 0 Å². The molecule has 1 amide bonds. The van der Waals surface area contributed by atoms with Crippen LogP contribution in [0.2, 0.25) is 0 Å². The van der Waals surface area contributed by atoms with E-state index in [1.165, 1.54) is 25.7 Å². The van der Waals surface area contributed by atoms with E-state index in [0.717, 1.165) is 37.7 Å². The highest BCUT2D eigenvalue weighted by Gasteiger charge is 2.44. The van der Waals surface area contributed by atoms with Crippen molar-refractivity contribution in [1.29, 1.82) is 0 Å². The molecule has 1 atom stereocenters. The van der Waals surface area contributed by atoms with Gasteiger partial charge in [-0.1, -0.05) is 42.6 Å². The van der Waals surface area contributed by atoms with Crippen molar-refractivity contribution in [2.45, 2.75) is 58.8 Å². The summed E-state index contributed by atoms with van der Waals surface area (Å²) in [5.41, 5.74) is -0.0115. The molecule has 1 heterocycles. The van der Waals surface area contributed by atoms with Crippen molar-refractivity contribution in [3.05, 3.63) is 0 Å². The Morgan fingerprint density at radius 3 is 2.58 bits per heavy atom. The maximum Gasteiger partial charge on any atom is 0.228 e. The van der Waals surface area contributed by atoms with Gasteiger partial charge in [0.25, 0.3) is 0 Å². The molecular weight excluding hydrogens is 302 g/mol. The topological polar surface area (TPSA) is 20.3 Å². The standard InChI is InChI=1S/C16H28BrNO/c1-13(2)10-16(7-3-4-8-16)15(19)18-9-5-6-14(11-17)12-18/h13-14H,3-12H2,1-2H3. The lowest BCUT2D eigenvalue weighted by atomic mass is 9.77. The van der Waals surface area contributed by atoms with Crippen molar-refractivity contribution in [3.8, 4) is 0 Å². The van der Waals surface area contributed by atoms with Crippen molar-refractivity contribution >= 4 is 21.8 Å². The molecule has 0 aromatic carbocycles.